The Morgan fingerprint density at radius 3 is 2.65 bits per heavy atom. The van der Waals surface area contributed by atoms with E-state index in [9.17, 15) is 8.78 Å². The smallest absolute Gasteiger partial charge is 0.264 e. The average molecular weight is 277 g/mol. The van der Waals surface area contributed by atoms with Gasteiger partial charge in [0.25, 0.3) is 6.43 Å². The lowest BCUT2D eigenvalue weighted by Crippen LogP contribution is -1.99. The van der Waals surface area contributed by atoms with Crippen LogP contribution in [0.25, 0.3) is 22.3 Å². The van der Waals surface area contributed by atoms with Crippen molar-refractivity contribution in [1.29, 1.82) is 0 Å². The van der Waals surface area contributed by atoms with Crippen molar-refractivity contribution in [3.05, 3.63) is 30.2 Å². The third-order valence-corrected chi connectivity index (χ3v) is 3.18. The van der Waals surface area contributed by atoms with E-state index in [1.165, 1.54) is 12.3 Å². The maximum Gasteiger partial charge on any atom is 0.264 e. The van der Waals surface area contributed by atoms with Gasteiger partial charge in [0.15, 0.2) is 5.65 Å². The number of halogens is 2. The molecule has 0 N–H and O–H groups in total. The quantitative estimate of drug-likeness (QED) is 0.739. The fourth-order valence-electron chi connectivity index (χ4n) is 2.19. The van der Waals surface area contributed by atoms with Gasteiger partial charge in [-0.15, -0.1) is 0 Å². The van der Waals surface area contributed by atoms with E-state index in [0.29, 0.717) is 28.8 Å². The summed E-state index contributed by atoms with van der Waals surface area (Å²) in [5.74, 6) is 0. The van der Waals surface area contributed by atoms with E-state index in [4.69, 9.17) is 0 Å². The van der Waals surface area contributed by atoms with E-state index in [1.54, 1.807) is 28.8 Å². The molecule has 0 atom stereocenters. The van der Waals surface area contributed by atoms with Crippen molar-refractivity contribution in [2.75, 3.05) is 0 Å². The van der Waals surface area contributed by atoms with Crippen molar-refractivity contribution in [3.63, 3.8) is 0 Å². The van der Waals surface area contributed by atoms with Crippen LogP contribution in [-0.4, -0.2) is 24.5 Å². The molecule has 0 aliphatic carbocycles. The number of nitrogens with zero attached hydrogens (tertiary/aromatic N) is 5. The minimum absolute atomic E-state index is 0.0476. The highest BCUT2D eigenvalue weighted by atomic mass is 19.3. The predicted molar refractivity (Wildman–Crippen MR) is 70.4 cm³/mol. The third-order valence-electron chi connectivity index (χ3n) is 3.18. The van der Waals surface area contributed by atoms with Gasteiger partial charge in [0.2, 0.25) is 0 Å². The largest absolute Gasteiger partial charge is 0.275 e. The molecule has 0 aliphatic heterocycles. The van der Waals surface area contributed by atoms with Crippen LogP contribution >= 0.6 is 0 Å². The molecule has 0 unspecified atom stereocenters. The van der Waals surface area contributed by atoms with E-state index in [-0.39, 0.29) is 5.56 Å². The van der Waals surface area contributed by atoms with Crippen molar-refractivity contribution in [3.8, 4) is 11.3 Å². The van der Waals surface area contributed by atoms with E-state index in [2.05, 4.69) is 15.2 Å². The minimum atomic E-state index is -2.56. The summed E-state index contributed by atoms with van der Waals surface area (Å²) in [6, 6.07) is 1.41. The molecule has 104 valence electrons. The molecule has 3 heterocycles. The molecule has 0 aromatic carbocycles. The summed E-state index contributed by atoms with van der Waals surface area (Å²) >= 11 is 0. The highest BCUT2D eigenvalue weighted by Crippen LogP contribution is 2.30. The number of aryl methyl sites for hydroxylation is 2. The maximum atomic E-state index is 13.2. The summed E-state index contributed by atoms with van der Waals surface area (Å²) < 4.78 is 29.7. The molecular formula is C13H13F2N5. The molecule has 0 bridgehead atoms. The summed E-state index contributed by atoms with van der Waals surface area (Å²) in [4.78, 5) is 4.45. The number of hydrogen-bond acceptors (Lipinski definition) is 3. The lowest BCUT2D eigenvalue weighted by atomic mass is 10.1. The molecule has 5 nitrogen and oxygen atoms in total. The standard InChI is InChI=1S/C13H13F2N5/c1-3-20-13-10(6-17-20)9(12(14)15)4-11(18-13)8-5-16-19(2)7-8/h4-7,12H,3H2,1-2H3. The normalized spacial score (nSPS) is 11.7. The van der Waals surface area contributed by atoms with Crippen LogP contribution in [0.1, 0.15) is 18.9 Å². The van der Waals surface area contributed by atoms with Gasteiger partial charge in [-0.25, -0.2) is 18.4 Å². The first-order chi connectivity index (χ1) is 9.60. The Bertz CT molecular complexity index is 759. The number of rotatable bonds is 3. The van der Waals surface area contributed by atoms with Crippen LogP contribution in [0.15, 0.2) is 24.7 Å². The molecule has 0 fully saturated rings. The fourth-order valence-corrected chi connectivity index (χ4v) is 2.19. The zero-order chi connectivity index (χ0) is 14.3. The van der Waals surface area contributed by atoms with Crippen molar-refractivity contribution >= 4 is 11.0 Å². The zero-order valence-electron chi connectivity index (χ0n) is 11.1. The summed E-state index contributed by atoms with van der Waals surface area (Å²) in [6.07, 6.45) is 2.23. The van der Waals surface area contributed by atoms with Gasteiger partial charge in [-0.2, -0.15) is 10.2 Å². The lowest BCUT2D eigenvalue weighted by molar-refractivity contribution is 0.153. The van der Waals surface area contributed by atoms with Crippen molar-refractivity contribution < 1.29 is 8.78 Å². The molecule has 7 heteroatoms. The van der Waals surface area contributed by atoms with E-state index in [0.717, 1.165) is 0 Å². The molecular weight excluding hydrogens is 264 g/mol. The topological polar surface area (TPSA) is 48.5 Å². The first-order valence-electron chi connectivity index (χ1n) is 6.23. The van der Waals surface area contributed by atoms with Crippen molar-refractivity contribution in [2.24, 2.45) is 7.05 Å². The van der Waals surface area contributed by atoms with E-state index in [1.807, 2.05) is 6.92 Å². The number of hydrogen-bond donors (Lipinski definition) is 0. The summed E-state index contributed by atoms with van der Waals surface area (Å²) in [6.45, 7) is 2.47. The highest BCUT2D eigenvalue weighted by Gasteiger charge is 2.18. The summed E-state index contributed by atoms with van der Waals surface area (Å²) in [5.41, 5.74) is 1.62. The Hall–Kier alpha value is -2.31. The molecule has 0 radical (unpaired) electrons. The van der Waals surface area contributed by atoms with Gasteiger partial charge >= 0.3 is 0 Å². The predicted octanol–water partition coefficient (Wildman–Crippen LogP) is 2.79. The van der Waals surface area contributed by atoms with E-state index >= 15 is 0 Å². The number of pyridine rings is 1. The van der Waals surface area contributed by atoms with Crippen LogP contribution in [0.3, 0.4) is 0 Å². The molecule has 3 rings (SSSR count). The summed E-state index contributed by atoms with van der Waals surface area (Å²) in [7, 11) is 1.77. The number of alkyl halides is 2. The van der Waals surface area contributed by atoms with E-state index < -0.39 is 6.43 Å². The van der Waals surface area contributed by atoms with Crippen molar-refractivity contribution in [2.45, 2.75) is 19.9 Å². The number of fused-ring (bicyclic) bond motifs is 1. The summed E-state index contributed by atoms with van der Waals surface area (Å²) in [5, 5.41) is 8.54. The zero-order valence-corrected chi connectivity index (χ0v) is 11.1. The SMILES string of the molecule is CCn1ncc2c(C(F)F)cc(-c3cnn(C)c3)nc21. The minimum Gasteiger partial charge on any atom is -0.275 e. The molecule has 0 saturated heterocycles. The van der Waals surface area contributed by atoms with Crippen LogP contribution in [0.5, 0.6) is 0 Å². The second-order valence-corrected chi connectivity index (χ2v) is 4.50. The van der Waals surface area contributed by atoms with Gasteiger partial charge in [-0.3, -0.25) is 4.68 Å². The number of aromatic nitrogens is 5. The molecule has 0 spiro atoms. The molecule has 0 amide bonds. The Kier molecular flexibility index (Phi) is 2.96. The molecule has 3 aromatic rings. The first-order valence-corrected chi connectivity index (χ1v) is 6.23. The third kappa shape index (κ3) is 1.95. The maximum absolute atomic E-state index is 13.2. The van der Waals surface area contributed by atoms with Gasteiger partial charge < -0.3 is 0 Å². The monoisotopic (exact) mass is 277 g/mol. The molecule has 0 aliphatic rings. The second-order valence-electron chi connectivity index (χ2n) is 4.50. The fraction of sp³-hybridized carbons (Fsp3) is 0.308. The van der Waals surface area contributed by atoms with Gasteiger partial charge in [-0.1, -0.05) is 0 Å². The second kappa shape index (κ2) is 4.66. The van der Waals surface area contributed by atoms with Gasteiger partial charge in [0.1, 0.15) is 0 Å². The van der Waals surface area contributed by atoms with Crippen LogP contribution in [0.4, 0.5) is 8.78 Å². The molecule has 0 saturated carbocycles. The van der Waals surface area contributed by atoms with Crippen LogP contribution in [0.2, 0.25) is 0 Å². The van der Waals surface area contributed by atoms with Crippen LogP contribution in [0, 0.1) is 0 Å². The van der Waals surface area contributed by atoms with Gasteiger partial charge in [-0.05, 0) is 13.0 Å². The Morgan fingerprint density at radius 2 is 2.05 bits per heavy atom. The Labute approximate surface area is 113 Å². The average Bonchev–Trinajstić information content (AvgIpc) is 3.03. The Morgan fingerprint density at radius 1 is 1.25 bits per heavy atom. The van der Waals surface area contributed by atoms with Crippen LogP contribution < -0.4 is 0 Å². The van der Waals surface area contributed by atoms with Crippen LogP contribution in [-0.2, 0) is 13.6 Å². The Balaban J connectivity index is 2.28. The molecule has 3 aromatic heterocycles. The first kappa shape index (κ1) is 12.7. The van der Waals surface area contributed by atoms with Crippen molar-refractivity contribution in [1.82, 2.24) is 24.5 Å². The molecule has 20 heavy (non-hydrogen) atoms. The highest BCUT2D eigenvalue weighted by molar-refractivity contribution is 5.82. The lowest BCUT2D eigenvalue weighted by Gasteiger charge is -2.06. The van der Waals surface area contributed by atoms with Gasteiger partial charge in [0.05, 0.1) is 18.1 Å². The van der Waals surface area contributed by atoms with Gasteiger partial charge in [0, 0.05) is 36.3 Å².